The average molecular weight is 397 g/mol. The standard InChI is InChI=1S/C24H32N2OS/c1-18-8-7-15-26(16-18)23-13-11-22(12-14-23)19(2)25-24(27)20(3)28-17-21-9-5-4-6-10-21/h4-6,9-14,18-20H,7-8,15-17H2,1-3H3,(H,25,27)/t18-,19+,20+/m1/s1. The highest BCUT2D eigenvalue weighted by Gasteiger charge is 2.19. The van der Waals surface area contributed by atoms with Crippen LogP contribution in [-0.4, -0.2) is 24.2 Å². The van der Waals surface area contributed by atoms with Gasteiger partial charge >= 0.3 is 0 Å². The van der Waals surface area contributed by atoms with Crippen molar-refractivity contribution in [2.24, 2.45) is 5.92 Å². The Morgan fingerprint density at radius 1 is 1.14 bits per heavy atom. The molecule has 0 saturated carbocycles. The summed E-state index contributed by atoms with van der Waals surface area (Å²) in [6, 6.07) is 19.0. The van der Waals surface area contributed by atoms with Crippen LogP contribution < -0.4 is 10.2 Å². The van der Waals surface area contributed by atoms with E-state index in [1.165, 1.54) is 24.1 Å². The second-order valence-corrected chi connectivity index (χ2v) is 9.28. The molecule has 1 amide bonds. The number of hydrogen-bond donors (Lipinski definition) is 1. The zero-order chi connectivity index (χ0) is 19.9. The molecule has 1 aliphatic rings. The predicted octanol–water partition coefficient (Wildman–Crippen LogP) is 5.42. The van der Waals surface area contributed by atoms with E-state index in [0.29, 0.717) is 0 Å². The van der Waals surface area contributed by atoms with Crippen LogP contribution in [0.25, 0.3) is 0 Å². The van der Waals surface area contributed by atoms with Gasteiger partial charge in [-0.1, -0.05) is 49.4 Å². The largest absolute Gasteiger partial charge is 0.371 e. The first-order chi connectivity index (χ1) is 13.5. The van der Waals surface area contributed by atoms with E-state index < -0.39 is 0 Å². The number of amides is 1. The molecule has 0 bridgehead atoms. The van der Waals surface area contributed by atoms with Gasteiger partial charge in [0, 0.05) is 24.5 Å². The number of thioether (sulfide) groups is 1. The van der Waals surface area contributed by atoms with Gasteiger partial charge in [-0.3, -0.25) is 4.79 Å². The summed E-state index contributed by atoms with van der Waals surface area (Å²) >= 11 is 1.68. The van der Waals surface area contributed by atoms with Crippen LogP contribution >= 0.6 is 11.8 Å². The molecule has 0 aliphatic carbocycles. The quantitative estimate of drug-likeness (QED) is 0.678. The van der Waals surface area contributed by atoms with Crippen LogP contribution in [-0.2, 0) is 10.5 Å². The predicted molar refractivity (Wildman–Crippen MR) is 121 cm³/mol. The number of nitrogens with one attached hydrogen (secondary N) is 1. The fourth-order valence-electron chi connectivity index (χ4n) is 3.68. The first-order valence-corrected chi connectivity index (χ1v) is 11.4. The molecule has 4 heteroatoms. The molecule has 1 saturated heterocycles. The van der Waals surface area contributed by atoms with Gasteiger partial charge in [0.15, 0.2) is 0 Å². The summed E-state index contributed by atoms with van der Waals surface area (Å²) in [6.45, 7) is 8.66. The van der Waals surface area contributed by atoms with Crippen molar-refractivity contribution >= 4 is 23.4 Å². The maximum absolute atomic E-state index is 12.6. The third-order valence-electron chi connectivity index (χ3n) is 5.49. The fraction of sp³-hybridized carbons (Fsp3) is 0.458. The summed E-state index contributed by atoms with van der Waals surface area (Å²) in [5.74, 6) is 1.72. The lowest BCUT2D eigenvalue weighted by Gasteiger charge is -2.33. The van der Waals surface area contributed by atoms with Gasteiger partial charge in [0.05, 0.1) is 11.3 Å². The Balaban J connectivity index is 1.50. The van der Waals surface area contributed by atoms with E-state index >= 15 is 0 Å². The van der Waals surface area contributed by atoms with E-state index in [-0.39, 0.29) is 17.2 Å². The van der Waals surface area contributed by atoms with Gasteiger partial charge in [0.25, 0.3) is 0 Å². The van der Waals surface area contributed by atoms with E-state index in [1.807, 2.05) is 25.1 Å². The Morgan fingerprint density at radius 2 is 1.86 bits per heavy atom. The fourth-order valence-corrected chi connectivity index (χ4v) is 4.54. The third-order valence-corrected chi connectivity index (χ3v) is 6.70. The lowest BCUT2D eigenvalue weighted by atomic mass is 9.99. The molecule has 0 radical (unpaired) electrons. The number of nitrogens with zero attached hydrogens (tertiary/aromatic N) is 1. The second-order valence-electron chi connectivity index (χ2n) is 7.95. The molecule has 0 spiro atoms. The van der Waals surface area contributed by atoms with Crippen LogP contribution in [0.1, 0.15) is 50.8 Å². The summed E-state index contributed by atoms with van der Waals surface area (Å²) in [5.41, 5.74) is 3.70. The monoisotopic (exact) mass is 396 g/mol. The molecule has 2 aromatic rings. The molecule has 1 fully saturated rings. The Labute approximate surface area is 173 Å². The van der Waals surface area contributed by atoms with Crippen molar-refractivity contribution in [1.29, 1.82) is 0 Å². The van der Waals surface area contributed by atoms with E-state index in [2.05, 4.69) is 60.5 Å². The summed E-state index contributed by atoms with van der Waals surface area (Å²) in [5, 5.41) is 3.09. The van der Waals surface area contributed by atoms with E-state index in [4.69, 9.17) is 0 Å². The number of anilines is 1. The molecule has 1 aliphatic heterocycles. The maximum Gasteiger partial charge on any atom is 0.233 e. The number of rotatable bonds is 7. The Kier molecular flexibility index (Phi) is 7.43. The second kappa shape index (κ2) is 10.0. The first-order valence-electron chi connectivity index (χ1n) is 10.3. The van der Waals surface area contributed by atoms with Gasteiger partial charge in [-0.25, -0.2) is 0 Å². The molecule has 28 heavy (non-hydrogen) atoms. The van der Waals surface area contributed by atoms with Crippen molar-refractivity contribution in [3.63, 3.8) is 0 Å². The molecular formula is C24H32N2OS. The van der Waals surface area contributed by atoms with E-state index in [9.17, 15) is 4.79 Å². The highest BCUT2D eigenvalue weighted by atomic mass is 32.2. The smallest absolute Gasteiger partial charge is 0.233 e. The van der Waals surface area contributed by atoms with Crippen molar-refractivity contribution in [1.82, 2.24) is 5.32 Å². The number of carbonyl (C=O) groups is 1. The Morgan fingerprint density at radius 3 is 2.54 bits per heavy atom. The SMILES string of the molecule is C[C@@H]1CCCN(c2ccc([C@H](C)NC(=O)[C@H](C)SCc3ccccc3)cc2)C1. The van der Waals surface area contributed by atoms with Gasteiger partial charge in [-0.15, -0.1) is 11.8 Å². The molecule has 0 unspecified atom stereocenters. The summed E-state index contributed by atoms with van der Waals surface area (Å²) in [6.07, 6.45) is 2.60. The Hall–Kier alpha value is -1.94. The van der Waals surface area contributed by atoms with Gasteiger partial charge in [-0.2, -0.15) is 0 Å². The van der Waals surface area contributed by atoms with Crippen LogP contribution in [0.2, 0.25) is 0 Å². The zero-order valence-electron chi connectivity index (χ0n) is 17.2. The summed E-state index contributed by atoms with van der Waals surface area (Å²) < 4.78 is 0. The van der Waals surface area contributed by atoms with E-state index in [1.54, 1.807) is 11.8 Å². The average Bonchev–Trinajstić information content (AvgIpc) is 2.72. The van der Waals surface area contributed by atoms with Gasteiger partial charge in [-0.05, 0) is 55.9 Å². The topological polar surface area (TPSA) is 32.3 Å². The van der Waals surface area contributed by atoms with Gasteiger partial charge in [0.2, 0.25) is 5.91 Å². The van der Waals surface area contributed by atoms with Crippen LogP contribution in [0, 0.1) is 5.92 Å². The molecule has 3 rings (SSSR count). The molecule has 1 heterocycles. The minimum Gasteiger partial charge on any atom is -0.371 e. The summed E-state index contributed by atoms with van der Waals surface area (Å²) in [7, 11) is 0. The molecule has 3 nitrogen and oxygen atoms in total. The molecular weight excluding hydrogens is 364 g/mol. The molecule has 1 N–H and O–H groups in total. The third kappa shape index (κ3) is 5.78. The minimum absolute atomic E-state index is 0.0154. The first kappa shape index (κ1) is 20.8. The number of piperidine rings is 1. The number of carbonyl (C=O) groups excluding carboxylic acids is 1. The van der Waals surface area contributed by atoms with Crippen LogP contribution in [0.3, 0.4) is 0 Å². The highest BCUT2D eigenvalue weighted by molar-refractivity contribution is 7.99. The van der Waals surface area contributed by atoms with E-state index in [0.717, 1.165) is 30.3 Å². The maximum atomic E-state index is 12.6. The van der Waals surface area contributed by atoms with Crippen LogP contribution in [0.15, 0.2) is 54.6 Å². The molecule has 0 aromatic heterocycles. The minimum atomic E-state index is -0.0724. The molecule has 3 atom stereocenters. The Bertz CT molecular complexity index is 747. The van der Waals surface area contributed by atoms with Crippen molar-refractivity contribution in [2.75, 3.05) is 18.0 Å². The van der Waals surface area contributed by atoms with Crippen molar-refractivity contribution in [3.8, 4) is 0 Å². The van der Waals surface area contributed by atoms with Crippen molar-refractivity contribution < 1.29 is 4.79 Å². The highest BCUT2D eigenvalue weighted by Crippen LogP contribution is 2.25. The molecule has 2 aromatic carbocycles. The normalized spacial score (nSPS) is 19.1. The van der Waals surface area contributed by atoms with Gasteiger partial charge < -0.3 is 10.2 Å². The summed E-state index contributed by atoms with van der Waals surface area (Å²) in [4.78, 5) is 15.0. The van der Waals surface area contributed by atoms with Crippen molar-refractivity contribution in [3.05, 3.63) is 65.7 Å². The van der Waals surface area contributed by atoms with Gasteiger partial charge in [0.1, 0.15) is 0 Å². The lowest BCUT2D eigenvalue weighted by molar-refractivity contribution is -0.120. The number of benzene rings is 2. The van der Waals surface area contributed by atoms with Crippen LogP contribution in [0.5, 0.6) is 0 Å². The zero-order valence-corrected chi connectivity index (χ0v) is 18.0. The van der Waals surface area contributed by atoms with Crippen LogP contribution in [0.4, 0.5) is 5.69 Å². The number of hydrogen-bond acceptors (Lipinski definition) is 3. The lowest BCUT2D eigenvalue weighted by Crippen LogP contribution is -2.34. The van der Waals surface area contributed by atoms with Crippen molar-refractivity contribution in [2.45, 2.75) is 50.7 Å². The molecule has 150 valence electrons.